The average Bonchev–Trinajstić information content (AvgIpc) is 2.50. The predicted molar refractivity (Wildman–Crippen MR) is 110 cm³/mol. The summed E-state index contributed by atoms with van der Waals surface area (Å²) in [5, 5.41) is 0. The Morgan fingerprint density at radius 1 is 0.571 bits per heavy atom. The van der Waals surface area contributed by atoms with Gasteiger partial charge in [0, 0.05) is 17.1 Å². The summed E-state index contributed by atoms with van der Waals surface area (Å²) in [5.74, 6) is 0. The van der Waals surface area contributed by atoms with Gasteiger partial charge in [0.25, 0.3) is 0 Å². The molecule has 0 spiro atoms. The fourth-order valence-electron chi connectivity index (χ4n) is 1.74. The minimum Gasteiger partial charge on any atom is -0.103 e. The van der Waals surface area contributed by atoms with E-state index in [1.165, 1.54) is 37.0 Å². The zero-order valence-electron chi connectivity index (χ0n) is 15.6. The second kappa shape index (κ2) is 28.9. The number of allylic oxidation sites excluding steroid dienone is 2. The molecule has 0 bridgehead atoms. The summed E-state index contributed by atoms with van der Waals surface area (Å²) in [6, 6.07) is 0. The van der Waals surface area contributed by atoms with Gasteiger partial charge in [-0.1, -0.05) is 12.2 Å². The third kappa shape index (κ3) is 29.5. The fourth-order valence-corrected chi connectivity index (χ4v) is 4.74. The van der Waals surface area contributed by atoms with Crippen LogP contribution in [0.2, 0.25) is 0 Å². The predicted octanol–water partition coefficient (Wildman–Crippen LogP) is 6.66. The summed E-state index contributed by atoms with van der Waals surface area (Å²) in [6.07, 6.45) is 14.6. The molecule has 0 unspecified atom stereocenters. The molecule has 0 aliphatic carbocycles. The maximum Gasteiger partial charge on any atom is 0.0543 e. The van der Waals surface area contributed by atoms with Gasteiger partial charge in [-0.2, -0.15) is 0 Å². The van der Waals surface area contributed by atoms with E-state index in [-0.39, 0.29) is 32.9 Å². The summed E-state index contributed by atoms with van der Waals surface area (Å²) in [5.41, 5.74) is 0. The molecule has 0 aliphatic heterocycles. The molecule has 0 fully saturated rings. The Balaban J connectivity index is -0.000000101. The van der Waals surface area contributed by atoms with Crippen LogP contribution in [0.1, 0.15) is 54.4 Å². The molecule has 0 N–H and O–H groups in total. The van der Waals surface area contributed by atoms with Crippen LogP contribution in [0.25, 0.3) is 0 Å². The Kier molecular flexibility index (Phi) is 41.1. The molecule has 0 saturated heterocycles. The first-order valence-corrected chi connectivity index (χ1v) is 12.7. The maximum absolute atomic E-state index is 3.55. The summed E-state index contributed by atoms with van der Waals surface area (Å²) >= 11 is 0. The maximum atomic E-state index is 3.55. The SMILES string of the molecule is C=CCCC=C.CC[PH+](CC)CC.CC[PH+](CC)CC.[Fe]. The van der Waals surface area contributed by atoms with Crippen LogP contribution in [0.15, 0.2) is 25.3 Å². The molecule has 21 heavy (non-hydrogen) atoms. The normalized spacial score (nSPS) is 8.95. The van der Waals surface area contributed by atoms with Crippen LogP contribution in [-0.4, -0.2) is 37.0 Å². The van der Waals surface area contributed by atoms with Crippen LogP contribution in [0, 0.1) is 0 Å². The molecule has 0 aromatic rings. The van der Waals surface area contributed by atoms with Gasteiger partial charge >= 0.3 is 0 Å². The number of rotatable bonds is 9. The molecule has 0 rings (SSSR count). The van der Waals surface area contributed by atoms with Gasteiger partial charge in [0.05, 0.1) is 37.0 Å². The van der Waals surface area contributed by atoms with Crippen LogP contribution in [0.3, 0.4) is 0 Å². The molecule has 0 saturated carbocycles. The van der Waals surface area contributed by atoms with E-state index in [1.54, 1.807) is 0 Å². The molecule has 0 aromatic carbocycles. The van der Waals surface area contributed by atoms with Gasteiger partial charge in [-0.05, 0) is 70.2 Å². The summed E-state index contributed by atoms with van der Waals surface area (Å²) in [6.45, 7) is 20.9. The average molecular weight is 376 g/mol. The van der Waals surface area contributed by atoms with E-state index in [9.17, 15) is 0 Å². The Morgan fingerprint density at radius 2 is 0.762 bits per heavy atom. The van der Waals surface area contributed by atoms with Crippen molar-refractivity contribution in [2.24, 2.45) is 0 Å². The topological polar surface area (TPSA) is 0 Å². The van der Waals surface area contributed by atoms with E-state index in [0.717, 1.165) is 12.8 Å². The smallest absolute Gasteiger partial charge is 0.0543 e. The fraction of sp³-hybridized carbons (Fsp3) is 0.778. The van der Waals surface area contributed by atoms with Crippen molar-refractivity contribution in [1.29, 1.82) is 0 Å². The van der Waals surface area contributed by atoms with Gasteiger partial charge in [-0.15, -0.1) is 13.2 Å². The first-order valence-electron chi connectivity index (χ1n) is 8.50. The van der Waals surface area contributed by atoms with Gasteiger partial charge in [0.1, 0.15) is 0 Å². The third-order valence-electron chi connectivity index (χ3n) is 3.57. The third-order valence-corrected chi connectivity index (χ3v) is 9.57. The quantitative estimate of drug-likeness (QED) is 0.183. The van der Waals surface area contributed by atoms with E-state index in [1.807, 2.05) is 12.2 Å². The molecular weight excluding hydrogens is 334 g/mol. The van der Waals surface area contributed by atoms with Crippen molar-refractivity contribution in [3.05, 3.63) is 25.3 Å². The van der Waals surface area contributed by atoms with Crippen molar-refractivity contribution in [2.45, 2.75) is 54.4 Å². The summed E-state index contributed by atoms with van der Waals surface area (Å²) in [4.78, 5) is 0. The second-order valence-electron chi connectivity index (χ2n) is 4.78. The minimum absolute atomic E-state index is 0. The largest absolute Gasteiger partial charge is 0.103 e. The minimum atomic E-state index is 0. The molecule has 0 aromatic heterocycles. The van der Waals surface area contributed by atoms with Crippen LogP contribution in [0.5, 0.6) is 0 Å². The van der Waals surface area contributed by atoms with Crippen molar-refractivity contribution in [2.75, 3.05) is 37.0 Å². The molecule has 0 heterocycles. The second-order valence-corrected chi connectivity index (χ2v) is 12.0. The monoisotopic (exact) mass is 376 g/mol. The Hall–Kier alpha value is 0.859. The molecule has 130 valence electrons. The standard InChI is InChI=1S/2C6H15P.C6H10.Fe/c2*1-4-7(5-2)6-3;1-3-5-6-4-2;/h2*4-6H2,1-3H3;3-4H,1-2,5-6H2;/p+2. The van der Waals surface area contributed by atoms with E-state index < -0.39 is 0 Å². The molecule has 0 radical (unpaired) electrons. The Bertz CT molecular complexity index is 145. The number of unbranched alkanes of at least 4 members (excludes halogenated alkanes) is 1. The van der Waals surface area contributed by atoms with Crippen LogP contribution in [0.4, 0.5) is 0 Å². The van der Waals surface area contributed by atoms with Gasteiger partial charge in [0.15, 0.2) is 0 Å². The first-order chi connectivity index (χ1) is 9.61. The van der Waals surface area contributed by atoms with E-state index >= 15 is 0 Å². The molecule has 0 atom stereocenters. The van der Waals surface area contributed by atoms with Crippen LogP contribution in [-0.2, 0) is 17.1 Å². The Labute approximate surface area is 149 Å². The molecule has 3 heteroatoms. The Morgan fingerprint density at radius 3 is 0.810 bits per heavy atom. The van der Waals surface area contributed by atoms with Crippen molar-refractivity contribution in [3.63, 3.8) is 0 Å². The van der Waals surface area contributed by atoms with E-state index in [2.05, 4.69) is 54.7 Å². The van der Waals surface area contributed by atoms with Crippen LogP contribution < -0.4 is 0 Å². The summed E-state index contributed by atoms with van der Waals surface area (Å²) in [7, 11) is 0.275. The zero-order valence-corrected chi connectivity index (χ0v) is 18.7. The van der Waals surface area contributed by atoms with Gasteiger partial charge in [0.2, 0.25) is 0 Å². The van der Waals surface area contributed by atoms with Crippen LogP contribution >= 0.6 is 15.8 Å². The number of hydrogen-bond acceptors (Lipinski definition) is 0. The zero-order chi connectivity index (χ0) is 16.2. The molecule has 0 amide bonds. The van der Waals surface area contributed by atoms with Crippen molar-refractivity contribution in [3.8, 4) is 0 Å². The van der Waals surface area contributed by atoms with E-state index in [4.69, 9.17) is 0 Å². The van der Waals surface area contributed by atoms with Gasteiger partial charge in [-0.3, -0.25) is 0 Å². The molecule has 0 nitrogen and oxygen atoms in total. The van der Waals surface area contributed by atoms with Crippen molar-refractivity contribution < 1.29 is 17.1 Å². The van der Waals surface area contributed by atoms with E-state index in [0.29, 0.717) is 0 Å². The van der Waals surface area contributed by atoms with Gasteiger partial charge in [-0.25, -0.2) is 0 Å². The summed E-state index contributed by atoms with van der Waals surface area (Å²) < 4.78 is 0. The van der Waals surface area contributed by atoms with Gasteiger partial charge < -0.3 is 0 Å². The molecular formula is C18H42FeP2+2. The van der Waals surface area contributed by atoms with Crippen molar-refractivity contribution >= 4 is 15.8 Å². The van der Waals surface area contributed by atoms with Crippen molar-refractivity contribution in [1.82, 2.24) is 0 Å². The number of hydrogen-bond donors (Lipinski definition) is 0. The first kappa shape index (κ1) is 29.8. The molecule has 0 aliphatic rings.